The van der Waals surface area contributed by atoms with Gasteiger partial charge in [-0.2, -0.15) is 4.37 Å². The summed E-state index contributed by atoms with van der Waals surface area (Å²) in [7, 11) is 0. The van der Waals surface area contributed by atoms with Gasteiger partial charge in [-0.25, -0.2) is 14.6 Å². The maximum absolute atomic E-state index is 11.6. The monoisotopic (exact) mass is 272 g/mol. The van der Waals surface area contributed by atoms with Crippen LogP contribution in [-0.2, 0) is 4.79 Å². The van der Waals surface area contributed by atoms with Gasteiger partial charge in [0.25, 0.3) is 0 Å². The molecule has 0 radical (unpaired) electrons. The van der Waals surface area contributed by atoms with E-state index >= 15 is 0 Å². The van der Waals surface area contributed by atoms with Gasteiger partial charge in [0.05, 0.1) is 0 Å². The molecule has 1 atom stereocenters. The molecule has 0 spiro atoms. The molecule has 18 heavy (non-hydrogen) atoms. The second-order valence-corrected chi connectivity index (χ2v) is 5.63. The van der Waals surface area contributed by atoms with Crippen molar-refractivity contribution in [2.24, 2.45) is 5.41 Å². The van der Waals surface area contributed by atoms with Crippen molar-refractivity contribution in [2.75, 3.05) is 5.32 Å². The van der Waals surface area contributed by atoms with Crippen molar-refractivity contribution in [2.45, 2.75) is 33.7 Å². The van der Waals surface area contributed by atoms with Crippen LogP contribution in [0.4, 0.5) is 9.93 Å². The molecule has 0 unspecified atom stereocenters. The highest BCUT2D eigenvalue weighted by Gasteiger charge is 2.32. The van der Waals surface area contributed by atoms with E-state index < -0.39 is 23.5 Å². The number of nitrogens with one attached hydrogen (secondary N) is 2. The number of carboxylic acid groups (broad SMARTS) is 1. The van der Waals surface area contributed by atoms with Gasteiger partial charge >= 0.3 is 12.0 Å². The second-order valence-electron chi connectivity index (χ2n) is 4.88. The first-order valence-electron chi connectivity index (χ1n) is 5.31. The van der Waals surface area contributed by atoms with Gasteiger partial charge in [-0.05, 0) is 12.3 Å². The van der Waals surface area contributed by atoms with Crippen LogP contribution in [0.1, 0.15) is 26.6 Å². The molecule has 0 aliphatic carbocycles. The molecule has 1 aromatic rings. The molecule has 8 heteroatoms. The lowest BCUT2D eigenvalue weighted by Crippen LogP contribution is -2.50. The van der Waals surface area contributed by atoms with Crippen LogP contribution in [0.5, 0.6) is 0 Å². The van der Waals surface area contributed by atoms with Crippen LogP contribution in [-0.4, -0.2) is 32.5 Å². The van der Waals surface area contributed by atoms with E-state index in [1.807, 2.05) is 0 Å². The molecular weight excluding hydrogens is 256 g/mol. The van der Waals surface area contributed by atoms with Crippen LogP contribution in [0.3, 0.4) is 0 Å². The second kappa shape index (κ2) is 5.30. The van der Waals surface area contributed by atoms with Gasteiger partial charge in [-0.15, -0.1) is 0 Å². The number of urea groups is 1. The maximum atomic E-state index is 11.6. The fourth-order valence-electron chi connectivity index (χ4n) is 1.26. The van der Waals surface area contributed by atoms with E-state index in [9.17, 15) is 9.59 Å². The summed E-state index contributed by atoms with van der Waals surface area (Å²) in [6, 6.07) is -1.58. The molecule has 0 aliphatic rings. The number of aliphatic carboxylic acids is 1. The summed E-state index contributed by atoms with van der Waals surface area (Å²) >= 11 is 1.04. The third-order valence-electron chi connectivity index (χ3n) is 2.14. The first-order chi connectivity index (χ1) is 8.20. The summed E-state index contributed by atoms with van der Waals surface area (Å²) in [6.07, 6.45) is 0. The zero-order valence-corrected chi connectivity index (χ0v) is 11.5. The Morgan fingerprint density at radius 2 is 2.00 bits per heavy atom. The number of amides is 2. The Hall–Kier alpha value is -1.70. The first-order valence-corrected chi connectivity index (χ1v) is 6.08. The Bertz CT molecular complexity index is 452. The minimum absolute atomic E-state index is 0.336. The normalized spacial score (nSPS) is 12.9. The van der Waals surface area contributed by atoms with Crippen LogP contribution >= 0.6 is 11.5 Å². The summed E-state index contributed by atoms with van der Waals surface area (Å²) in [5.41, 5.74) is -0.583. The molecule has 100 valence electrons. The summed E-state index contributed by atoms with van der Waals surface area (Å²) < 4.78 is 3.90. The van der Waals surface area contributed by atoms with Crippen LogP contribution in [0.25, 0.3) is 0 Å². The number of aromatic nitrogens is 2. The van der Waals surface area contributed by atoms with Gasteiger partial charge < -0.3 is 10.4 Å². The van der Waals surface area contributed by atoms with Crippen LogP contribution < -0.4 is 10.6 Å². The van der Waals surface area contributed by atoms with Gasteiger partial charge in [0.1, 0.15) is 11.9 Å². The number of carbonyl (C=O) groups is 2. The molecule has 0 fully saturated rings. The van der Waals surface area contributed by atoms with Crippen LogP contribution in [0.2, 0.25) is 0 Å². The number of hydrogen-bond donors (Lipinski definition) is 3. The Morgan fingerprint density at radius 3 is 2.39 bits per heavy atom. The van der Waals surface area contributed by atoms with E-state index in [1.165, 1.54) is 0 Å². The fourth-order valence-corrected chi connectivity index (χ4v) is 1.83. The van der Waals surface area contributed by atoms with Crippen LogP contribution in [0.15, 0.2) is 0 Å². The summed E-state index contributed by atoms with van der Waals surface area (Å²) in [4.78, 5) is 26.7. The lowest BCUT2D eigenvalue weighted by molar-refractivity contribution is -0.141. The fraction of sp³-hybridized carbons (Fsp3) is 0.600. The zero-order valence-electron chi connectivity index (χ0n) is 10.6. The summed E-state index contributed by atoms with van der Waals surface area (Å²) in [5, 5.41) is 14.3. The van der Waals surface area contributed by atoms with Crippen molar-refractivity contribution in [3.8, 4) is 0 Å². The predicted octanol–water partition coefficient (Wildman–Crippen LogP) is 1.47. The predicted molar refractivity (Wildman–Crippen MR) is 67.7 cm³/mol. The number of anilines is 1. The number of hydrogen-bond acceptors (Lipinski definition) is 5. The molecule has 1 heterocycles. The van der Waals surface area contributed by atoms with Gasteiger partial charge in [-0.3, -0.25) is 5.32 Å². The quantitative estimate of drug-likeness (QED) is 0.772. The van der Waals surface area contributed by atoms with Gasteiger partial charge in [0, 0.05) is 11.5 Å². The molecule has 3 N–H and O–H groups in total. The Morgan fingerprint density at radius 1 is 1.39 bits per heavy atom. The standard InChI is InChI=1S/C10H16N4O3S/c1-5-11-9(18-14-5)13-8(17)12-6(7(15)16)10(2,3)4/h6H,1-4H3,(H,15,16)(H2,11,12,13,14,17)/t6-/m1/s1. The SMILES string of the molecule is Cc1nsc(NC(=O)N[C@H](C(=O)O)C(C)(C)C)n1. The van der Waals surface area contributed by atoms with Crippen molar-refractivity contribution in [1.29, 1.82) is 0 Å². The minimum atomic E-state index is -1.08. The van der Waals surface area contributed by atoms with Crippen LogP contribution in [0, 0.1) is 12.3 Å². The van der Waals surface area contributed by atoms with Crippen molar-refractivity contribution in [3.63, 3.8) is 0 Å². The maximum Gasteiger partial charge on any atom is 0.326 e. The van der Waals surface area contributed by atoms with Gasteiger partial charge in [-0.1, -0.05) is 20.8 Å². The highest BCUT2D eigenvalue weighted by Crippen LogP contribution is 2.19. The average Bonchev–Trinajstić information content (AvgIpc) is 2.58. The lowest BCUT2D eigenvalue weighted by atomic mass is 9.87. The smallest absolute Gasteiger partial charge is 0.326 e. The molecule has 0 saturated carbocycles. The van der Waals surface area contributed by atoms with Crippen molar-refractivity contribution in [1.82, 2.24) is 14.7 Å². The van der Waals surface area contributed by atoms with E-state index in [0.29, 0.717) is 11.0 Å². The highest BCUT2D eigenvalue weighted by atomic mass is 32.1. The number of rotatable bonds is 3. The molecule has 0 aliphatic heterocycles. The Kier molecular flexibility index (Phi) is 4.23. The number of aryl methyl sites for hydroxylation is 1. The average molecular weight is 272 g/mol. The lowest BCUT2D eigenvalue weighted by Gasteiger charge is -2.27. The topological polar surface area (TPSA) is 104 Å². The van der Waals surface area contributed by atoms with Gasteiger partial charge in [0.15, 0.2) is 0 Å². The third-order valence-corrected chi connectivity index (χ3v) is 2.86. The number of carbonyl (C=O) groups excluding carboxylic acids is 1. The largest absolute Gasteiger partial charge is 0.480 e. The first kappa shape index (κ1) is 14.4. The van der Waals surface area contributed by atoms with Gasteiger partial charge in [0.2, 0.25) is 5.13 Å². The highest BCUT2D eigenvalue weighted by molar-refractivity contribution is 7.09. The minimum Gasteiger partial charge on any atom is -0.480 e. The van der Waals surface area contributed by atoms with Crippen molar-refractivity contribution in [3.05, 3.63) is 5.82 Å². The molecule has 0 saturated heterocycles. The van der Waals surface area contributed by atoms with E-state index in [1.54, 1.807) is 27.7 Å². The third kappa shape index (κ3) is 3.95. The van der Waals surface area contributed by atoms with E-state index in [2.05, 4.69) is 20.0 Å². The van der Waals surface area contributed by atoms with E-state index in [-0.39, 0.29) is 0 Å². The Balaban J connectivity index is 2.65. The number of nitrogens with zero attached hydrogens (tertiary/aromatic N) is 2. The van der Waals surface area contributed by atoms with E-state index in [4.69, 9.17) is 5.11 Å². The molecule has 0 aromatic carbocycles. The van der Waals surface area contributed by atoms with E-state index in [0.717, 1.165) is 11.5 Å². The number of carboxylic acids is 1. The van der Waals surface area contributed by atoms with Crippen molar-refractivity contribution >= 4 is 28.7 Å². The summed E-state index contributed by atoms with van der Waals surface area (Å²) in [6.45, 7) is 6.91. The molecule has 1 aromatic heterocycles. The zero-order chi connectivity index (χ0) is 13.9. The molecular formula is C10H16N4O3S. The molecule has 0 bridgehead atoms. The molecule has 2 amide bonds. The Labute approximate surface area is 109 Å². The summed E-state index contributed by atoms with van der Waals surface area (Å²) in [5.74, 6) is -0.521. The molecule has 7 nitrogen and oxygen atoms in total. The molecule has 1 rings (SSSR count). The van der Waals surface area contributed by atoms with Crippen molar-refractivity contribution < 1.29 is 14.7 Å².